The summed E-state index contributed by atoms with van der Waals surface area (Å²) in [6.07, 6.45) is 5.28. The number of nitrogens with zero attached hydrogens (tertiary/aromatic N) is 1. The number of anilines is 1. The zero-order valence-electron chi connectivity index (χ0n) is 13.0. The van der Waals surface area contributed by atoms with E-state index < -0.39 is 0 Å². The summed E-state index contributed by atoms with van der Waals surface area (Å²) in [5.74, 6) is 0. The average Bonchev–Trinajstić information content (AvgIpc) is 2.41. The maximum Gasteiger partial charge on any atom is 0.0374 e. The third-order valence-corrected chi connectivity index (χ3v) is 3.73. The van der Waals surface area contributed by atoms with E-state index >= 15 is 0 Å². The van der Waals surface area contributed by atoms with E-state index in [0.29, 0.717) is 6.04 Å². The van der Waals surface area contributed by atoms with Gasteiger partial charge in [-0.05, 0) is 62.9 Å². The van der Waals surface area contributed by atoms with Crippen LogP contribution in [0.5, 0.6) is 0 Å². The molecule has 0 heterocycles. The maximum absolute atomic E-state index is 4.16. The van der Waals surface area contributed by atoms with Crippen molar-refractivity contribution in [1.29, 1.82) is 0 Å². The van der Waals surface area contributed by atoms with E-state index in [1.807, 2.05) is 13.0 Å². The lowest BCUT2D eigenvalue weighted by atomic mass is 10.00. The van der Waals surface area contributed by atoms with E-state index in [2.05, 4.69) is 63.4 Å². The maximum atomic E-state index is 4.16. The van der Waals surface area contributed by atoms with Crippen LogP contribution in [-0.4, -0.2) is 12.6 Å². The molecular formula is C18H27N. The Balaban J connectivity index is 3.17. The molecule has 0 saturated carbocycles. The lowest BCUT2D eigenvalue weighted by Crippen LogP contribution is -2.32. The van der Waals surface area contributed by atoms with Crippen LogP contribution in [0.2, 0.25) is 0 Å². The van der Waals surface area contributed by atoms with Gasteiger partial charge < -0.3 is 4.90 Å². The molecule has 1 heteroatoms. The van der Waals surface area contributed by atoms with Crippen molar-refractivity contribution < 1.29 is 0 Å². The molecule has 104 valence electrons. The van der Waals surface area contributed by atoms with Crippen molar-refractivity contribution in [2.24, 2.45) is 0 Å². The summed E-state index contributed by atoms with van der Waals surface area (Å²) in [7, 11) is 0. The third kappa shape index (κ3) is 3.73. The van der Waals surface area contributed by atoms with Gasteiger partial charge in [-0.2, -0.15) is 0 Å². The minimum absolute atomic E-state index is 0.565. The van der Waals surface area contributed by atoms with Gasteiger partial charge in [-0.25, -0.2) is 0 Å². The molecule has 0 fully saturated rings. The highest BCUT2D eigenvalue weighted by molar-refractivity contribution is 5.76. The fraction of sp³-hybridized carbons (Fsp3) is 0.444. The lowest BCUT2D eigenvalue weighted by Gasteiger charge is -2.30. The summed E-state index contributed by atoms with van der Waals surface area (Å²) in [6.45, 7) is 16.1. The van der Waals surface area contributed by atoms with Crippen LogP contribution in [0.1, 0.15) is 45.2 Å². The Hall–Kier alpha value is -1.50. The molecule has 0 N–H and O–H groups in total. The van der Waals surface area contributed by atoms with Gasteiger partial charge in [0.1, 0.15) is 0 Å². The second kappa shape index (κ2) is 7.18. The van der Waals surface area contributed by atoms with E-state index in [9.17, 15) is 0 Å². The van der Waals surface area contributed by atoms with Crippen LogP contribution < -0.4 is 4.90 Å². The molecular weight excluding hydrogens is 230 g/mol. The highest BCUT2D eigenvalue weighted by Gasteiger charge is 2.12. The van der Waals surface area contributed by atoms with E-state index in [-0.39, 0.29) is 0 Å². The highest BCUT2D eigenvalue weighted by Crippen LogP contribution is 2.26. The summed E-state index contributed by atoms with van der Waals surface area (Å²) in [6, 6.07) is 7.25. The third-order valence-electron chi connectivity index (χ3n) is 3.73. The van der Waals surface area contributed by atoms with Gasteiger partial charge in [-0.1, -0.05) is 31.7 Å². The molecule has 0 aliphatic carbocycles. The molecule has 0 aliphatic heterocycles. The summed E-state index contributed by atoms with van der Waals surface area (Å²) in [4.78, 5) is 2.45. The second-order valence-electron chi connectivity index (χ2n) is 5.07. The van der Waals surface area contributed by atoms with Gasteiger partial charge in [0.2, 0.25) is 0 Å². The van der Waals surface area contributed by atoms with Crippen LogP contribution >= 0.6 is 0 Å². The number of rotatable bonds is 6. The Labute approximate surface area is 118 Å². The van der Waals surface area contributed by atoms with Crippen molar-refractivity contribution in [2.75, 3.05) is 11.4 Å². The summed E-state index contributed by atoms with van der Waals surface area (Å²) in [5, 5.41) is 0. The summed E-state index contributed by atoms with van der Waals surface area (Å²) >= 11 is 0. The smallest absolute Gasteiger partial charge is 0.0374 e. The first-order chi connectivity index (χ1) is 9.04. The quantitative estimate of drug-likeness (QED) is 0.632. The van der Waals surface area contributed by atoms with Crippen molar-refractivity contribution in [2.45, 2.75) is 47.1 Å². The van der Waals surface area contributed by atoms with E-state index in [0.717, 1.165) is 18.5 Å². The first kappa shape index (κ1) is 15.6. The standard InChI is InChI=1S/C18H27N/c1-7-10-14(4)18-13-17(12-11-15(18)5)19(9-3)16(6)8-2/h7,10-13,16H,4,8-9H2,1-3,5-6H3/b10-7-. The van der Waals surface area contributed by atoms with Crippen molar-refractivity contribution in [3.63, 3.8) is 0 Å². The van der Waals surface area contributed by atoms with Crippen molar-refractivity contribution in [3.05, 3.63) is 48.1 Å². The summed E-state index contributed by atoms with van der Waals surface area (Å²) in [5.41, 5.74) is 4.91. The molecule has 1 nitrogen and oxygen atoms in total. The molecule has 0 bridgehead atoms. The van der Waals surface area contributed by atoms with Gasteiger partial charge in [-0.3, -0.25) is 0 Å². The Bertz CT molecular complexity index is 457. The summed E-state index contributed by atoms with van der Waals surface area (Å²) < 4.78 is 0. The van der Waals surface area contributed by atoms with Gasteiger partial charge in [-0.15, -0.1) is 0 Å². The second-order valence-corrected chi connectivity index (χ2v) is 5.07. The van der Waals surface area contributed by atoms with Crippen LogP contribution in [0.15, 0.2) is 36.9 Å². The molecule has 1 rings (SSSR count). The molecule has 1 aromatic rings. The average molecular weight is 257 g/mol. The monoisotopic (exact) mass is 257 g/mol. The van der Waals surface area contributed by atoms with Crippen molar-refractivity contribution in [3.8, 4) is 0 Å². The fourth-order valence-electron chi connectivity index (χ4n) is 2.39. The first-order valence-corrected chi connectivity index (χ1v) is 7.24. The largest absolute Gasteiger partial charge is 0.369 e. The van der Waals surface area contributed by atoms with Crippen LogP contribution in [0.25, 0.3) is 5.57 Å². The van der Waals surface area contributed by atoms with Gasteiger partial charge in [0.25, 0.3) is 0 Å². The van der Waals surface area contributed by atoms with Crippen LogP contribution in [0.4, 0.5) is 5.69 Å². The van der Waals surface area contributed by atoms with Crippen molar-refractivity contribution in [1.82, 2.24) is 0 Å². The normalized spacial score (nSPS) is 12.7. The molecule has 0 radical (unpaired) electrons. The van der Waals surface area contributed by atoms with Gasteiger partial charge in [0.05, 0.1) is 0 Å². The highest BCUT2D eigenvalue weighted by atomic mass is 15.1. The van der Waals surface area contributed by atoms with E-state index in [1.54, 1.807) is 0 Å². The predicted octanol–water partition coefficient (Wildman–Crippen LogP) is 5.21. The molecule has 0 amide bonds. The zero-order chi connectivity index (χ0) is 14.4. The predicted molar refractivity (Wildman–Crippen MR) is 87.8 cm³/mol. The molecule has 0 aliphatic rings. The Kier molecular flexibility index (Phi) is 5.88. The lowest BCUT2D eigenvalue weighted by molar-refractivity contribution is 0.630. The number of hydrogen-bond donors (Lipinski definition) is 0. The first-order valence-electron chi connectivity index (χ1n) is 7.24. The fourth-order valence-corrected chi connectivity index (χ4v) is 2.39. The van der Waals surface area contributed by atoms with E-state index in [4.69, 9.17) is 0 Å². The van der Waals surface area contributed by atoms with Crippen LogP contribution in [-0.2, 0) is 0 Å². The Morgan fingerprint density at radius 2 is 2.05 bits per heavy atom. The van der Waals surface area contributed by atoms with Crippen LogP contribution in [0.3, 0.4) is 0 Å². The Morgan fingerprint density at radius 1 is 1.37 bits per heavy atom. The zero-order valence-corrected chi connectivity index (χ0v) is 13.0. The topological polar surface area (TPSA) is 3.24 Å². The molecule has 1 unspecified atom stereocenters. The minimum atomic E-state index is 0.565. The molecule has 0 saturated heterocycles. The van der Waals surface area contributed by atoms with Gasteiger partial charge in [0.15, 0.2) is 0 Å². The molecule has 1 aromatic carbocycles. The minimum Gasteiger partial charge on any atom is -0.369 e. The van der Waals surface area contributed by atoms with Crippen molar-refractivity contribution >= 4 is 11.3 Å². The molecule has 0 spiro atoms. The Morgan fingerprint density at radius 3 is 2.58 bits per heavy atom. The van der Waals surface area contributed by atoms with E-state index in [1.165, 1.54) is 16.8 Å². The molecule has 1 atom stereocenters. The number of hydrogen-bond acceptors (Lipinski definition) is 1. The molecule has 0 aromatic heterocycles. The number of aryl methyl sites for hydroxylation is 1. The van der Waals surface area contributed by atoms with Gasteiger partial charge >= 0.3 is 0 Å². The number of benzene rings is 1. The number of allylic oxidation sites excluding steroid dienone is 3. The van der Waals surface area contributed by atoms with Gasteiger partial charge in [0, 0.05) is 18.3 Å². The van der Waals surface area contributed by atoms with Crippen LogP contribution in [0, 0.1) is 6.92 Å². The molecule has 19 heavy (non-hydrogen) atoms. The SMILES string of the molecule is C=C(/C=C\C)c1cc(N(CC)C(C)CC)ccc1C.